The van der Waals surface area contributed by atoms with E-state index in [-0.39, 0.29) is 5.75 Å². The molecule has 2 aromatic carbocycles. The Morgan fingerprint density at radius 3 is 2.67 bits per heavy atom. The van der Waals surface area contributed by atoms with Gasteiger partial charge in [0.15, 0.2) is 0 Å². The van der Waals surface area contributed by atoms with Crippen molar-refractivity contribution in [1.29, 1.82) is 0 Å². The Bertz CT molecular complexity index is 1090. The Morgan fingerprint density at radius 2 is 1.89 bits per heavy atom. The van der Waals surface area contributed by atoms with E-state index in [0.29, 0.717) is 6.61 Å². The lowest BCUT2D eigenvalue weighted by molar-refractivity contribution is 0.306. The van der Waals surface area contributed by atoms with Crippen molar-refractivity contribution >= 4 is 22.5 Å². The van der Waals surface area contributed by atoms with Gasteiger partial charge in [0.2, 0.25) is 0 Å². The maximum absolute atomic E-state index is 9.33. The van der Waals surface area contributed by atoms with Gasteiger partial charge in [-0.3, -0.25) is 0 Å². The number of hydrogen-bond donors (Lipinski definition) is 2. The predicted octanol–water partition coefficient (Wildman–Crippen LogP) is 4.30. The second-order valence-electron chi connectivity index (χ2n) is 6.47. The molecular weight excluding hydrogens is 340 g/mol. The maximum atomic E-state index is 9.33. The zero-order valence-corrected chi connectivity index (χ0v) is 15.2. The van der Waals surface area contributed by atoms with Gasteiger partial charge >= 0.3 is 0 Å². The lowest BCUT2D eigenvalue weighted by Gasteiger charge is -2.12. The fraction of sp³-hybridized carbons (Fsp3) is 0.143. The number of hydrogen-bond acceptors (Lipinski definition) is 5. The molecule has 2 heterocycles. The van der Waals surface area contributed by atoms with Crippen LogP contribution in [0, 0.1) is 6.92 Å². The number of phenols is 1. The quantitative estimate of drug-likeness (QED) is 0.555. The Morgan fingerprint density at radius 1 is 1.07 bits per heavy atom. The molecule has 4 rings (SSSR count). The lowest BCUT2D eigenvalue weighted by atomic mass is 10.2. The minimum Gasteiger partial charge on any atom is -0.508 e. The second kappa shape index (κ2) is 6.99. The van der Waals surface area contributed by atoms with Crippen molar-refractivity contribution in [1.82, 2.24) is 14.5 Å². The van der Waals surface area contributed by atoms with Crippen LogP contribution >= 0.6 is 0 Å². The molecule has 0 saturated carbocycles. The lowest BCUT2D eigenvalue weighted by Crippen LogP contribution is -1.98. The van der Waals surface area contributed by atoms with E-state index < -0.39 is 0 Å². The average Bonchev–Trinajstić information content (AvgIpc) is 3.04. The highest BCUT2D eigenvalue weighted by molar-refractivity contribution is 5.78. The van der Waals surface area contributed by atoms with Gasteiger partial charge in [0.05, 0.1) is 18.0 Å². The molecule has 0 unspecified atom stereocenters. The highest BCUT2D eigenvalue weighted by atomic mass is 16.5. The summed E-state index contributed by atoms with van der Waals surface area (Å²) in [5.74, 6) is 1.82. The van der Waals surface area contributed by atoms with E-state index in [1.807, 2.05) is 54.9 Å². The number of fused-ring (bicyclic) bond motifs is 1. The number of nitrogens with zero attached hydrogens (tertiary/aromatic N) is 3. The number of rotatable bonds is 5. The summed E-state index contributed by atoms with van der Waals surface area (Å²) in [6.45, 7) is 2.48. The standard InChI is InChI=1S/C21H20N4O2/c1-14-9-17(27-12-15-3-5-16(26)6-4-15)7-8-18(14)24-21-10-20-19(11-22-21)23-13-25(20)2/h3-11,13,26H,12H2,1-2H3,(H,22,24). The minimum absolute atomic E-state index is 0.253. The number of aromatic nitrogens is 3. The van der Waals surface area contributed by atoms with Crippen LogP contribution in [0.15, 0.2) is 61.1 Å². The molecule has 6 nitrogen and oxygen atoms in total. The Hall–Kier alpha value is -3.54. The summed E-state index contributed by atoms with van der Waals surface area (Å²) in [4.78, 5) is 8.71. The number of nitrogens with one attached hydrogen (secondary N) is 1. The van der Waals surface area contributed by atoms with Crippen molar-refractivity contribution in [2.24, 2.45) is 7.05 Å². The first-order valence-electron chi connectivity index (χ1n) is 8.64. The normalized spacial score (nSPS) is 10.9. The molecule has 27 heavy (non-hydrogen) atoms. The number of pyridine rings is 1. The third-order valence-electron chi connectivity index (χ3n) is 4.41. The van der Waals surface area contributed by atoms with E-state index in [0.717, 1.165) is 39.4 Å². The van der Waals surface area contributed by atoms with Gasteiger partial charge in [0.1, 0.15) is 29.4 Å². The molecule has 0 amide bonds. The Kier molecular flexibility index (Phi) is 4.38. The van der Waals surface area contributed by atoms with Gasteiger partial charge in [-0.1, -0.05) is 12.1 Å². The fourth-order valence-electron chi connectivity index (χ4n) is 2.86. The first-order chi connectivity index (χ1) is 13.1. The summed E-state index contributed by atoms with van der Waals surface area (Å²) in [6.07, 6.45) is 3.55. The van der Waals surface area contributed by atoms with Crippen LogP contribution in [0.4, 0.5) is 11.5 Å². The van der Waals surface area contributed by atoms with Gasteiger partial charge < -0.3 is 19.7 Å². The Balaban J connectivity index is 1.47. The molecule has 0 atom stereocenters. The SMILES string of the molecule is Cc1cc(OCc2ccc(O)cc2)ccc1Nc1cc2c(cn1)ncn2C. The topological polar surface area (TPSA) is 72.2 Å². The molecule has 0 spiro atoms. The molecule has 2 aromatic heterocycles. The highest BCUT2D eigenvalue weighted by Gasteiger charge is 2.06. The van der Waals surface area contributed by atoms with Crippen molar-refractivity contribution in [2.45, 2.75) is 13.5 Å². The van der Waals surface area contributed by atoms with Crippen LogP contribution in [0.25, 0.3) is 11.0 Å². The van der Waals surface area contributed by atoms with E-state index in [2.05, 4.69) is 15.3 Å². The number of imidazole rings is 1. The zero-order valence-electron chi connectivity index (χ0n) is 15.2. The summed E-state index contributed by atoms with van der Waals surface area (Å²) < 4.78 is 7.81. The van der Waals surface area contributed by atoms with Gasteiger partial charge in [-0.15, -0.1) is 0 Å². The number of anilines is 2. The minimum atomic E-state index is 0.253. The van der Waals surface area contributed by atoms with Gasteiger partial charge in [0.25, 0.3) is 0 Å². The number of benzene rings is 2. The molecule has 0 fully saturated rings. The van der Waals surface area contributed by atoms with Crippen LogP contribution in [0.5, 0.6) is 11.5 Å². The number of phenolic OH excluding ortho intramolecular Hbond substituents is 1. The van der Waals surface area contributed by atoms with Crippen molar-refractivity contribution in [3.8, 4) is 11.5 Å². The van der Waals surface area contributed by atoms with Crippen LogP contribution in [0.3, 0.4) is 0 Å². The number of aryl methyl sites for hydroxylation is 2. The summed E-state index contributed by atoms with van der Waals surface area (Å²) in [5, 5.41) is 12.7. The molecule has 0 aliphatic rings. The van der Waals surface area contributed by atoms with Crippen LogP contribution in [0.1, 0.15) is 11.1 Å². The molecule has 0 bridgehead atoms. The monoisotopic (exact) mass is 360 g/mol. The van der Waals surface area contributed by atoms with Crippen molar-refractivity contribution in [3.05, 3.63) is 72.2 Å². The van der Waals surface area contributed by atoms with Gasteiger partial charge in [-0.05, 0) is 48.4 Å². The zero-order chi connectivity index (χ0) is 18.8. The molecule has 0 aliphatic heterocycles. The fourth-order valence-corrected chi connectivity index (χ4v) is 2.86. The first-order valence-corrected chi connectivity index (χ1v) is 8.64. The highest BCUT2D eigenvalue weighted by Crippen LogP contribution is 2.26. The molecule has 4 aromatic rings. The third-order valence-corrected chi connectivity index (χ3v) is 4.41. The molecule has 0 saturated heterocycles. The number of ether oxygens (including phenoxy) is 1. The number of aromatic hydroxyl groups is 1. The first kappa shape index (κ1) is 16.9. The summed E-state index contributed by atoms with van der Waals surface area (Å²) in [7, 11) is 1.96. The summed E-state index contributed by atoms with van der Waals surface area (Å²) >= 11 is 0. The van der Waals surface area contributed by atoms with Crippen molar-refractivity contribution in [2.75, 3.05) is 5.32 Å². The van der Waals surface area contributed by atoms with Crippen molar-refractivity contribution in [3.63, 3.8) is 0 Å². The largest absolute Gasteiger partial charge is 0.508 e. The van der Waals surface area contributed by atoms with Gasteiger partial charge in [0, 0.05) is 18.8 Å². The van der Waals surface area contributed by atoms with Crippen LogP contribution in [-0.2, 0) is 13.7 Å². The van der Waals surface area contributed by atoms with E-state index in [1.54, 1.807) is 24.7 Å². The smallest absolute Gasteiger partial charge is 0.132 e. The van der Waals surface area contributed by atoms with E-state index in [9.17, 15) is 5.11 Å². The van der Waals surface area contributed by atoms with E-state index in [4.69, 9.17) is 4.74 Å². The molecule has 0 radical (unpaired) electrons. The van der Waals surface area contributed by atoms with Gasteiger partial charge in [-0.2, -0.15) is 0 Å². The van der Waals surface area contributed by atoms with Crippen LogP contribution < -0.4 is 10.1 Å². The molecule has 0 aliphatic carbocycles. The van der Waals surface area contributed by atoms with Crippen molar-refractivity contribution < 1.29 is 9.84 Å². The van der Waals surface area contributed by atoms with E-state index >= 15 is 0 Å². The summed E-state index contributed by atoms with van der Waals surface area (Å²) in [6, 6.07) is 14.9. The maximum Gasteiger partial charge on any atom is 0.132 e. The van der Waals surface area contributed by atoms with Crippen LogP contribution in [-0.4, -0.2) is 19.6 Å². The average molecular weight is 360 g/mol. The molecule has 136 valence electrons. The molecule has 2 N–H and O–H groups in total. The predicted molar refractivity (Wildman–Crippen MR) is 105 cm³/mol. The van der Waals surface area contributed by atoms with E-state index in [1.165, 1.54) is 0 Å². The third kappa shape index (κ3) is 3.69. The Labute approximate surface area is 157 Å². The van der Waals surface area contributed by atoms with Gasteiger partial charge in [-0.25, -0.2) is 9.97 Å². The second-order valence-corrected chi connectivity index (χ2v) is 6.47. The molecular formula is C21H20N4O2. The molecule has 6 heteroatoms. The van der Waals surface area contributed by atoms with Crippen LogP contribution in [0.2, 0.25) is 0 Å². The summed E-state index contributed by atoms with van der Waals surface area (Å²) in [5.41, 5.74) is 4.93.